The summed E-state index contributed by atoms with van der Waals surface area (Å²) in [6.07, 6.45) is 1.34. The molecule has 0 amide bonds. The van der Waals surface area contributed by atoms with Crippen molar-refractivity contribution in [2.75, 3.05) is 7.11 Å². The van der Waals surface area contributed by atoms with Gasteiger partial charge in [0.05, 0.1) is 38.5 Å². The van der Waals surface area contributed by atoms with Gasteiger partial charge in [0.15, 0.2) is 5.82 Å². The Morgan fingerprint density at radius 3 is 2.48 bits per heavy atom. The summed E-state index contributed by atoms with van der Waals surface area (Å²) in [6.45, 7) is 5.83. The molecule has 5 rings (SSSR count). The summed E-state index contributed by atoms with van der Waals surface area (Å²) in [6, 6.07) is 19.4. The lowest BCUT2D eigenvalue weighted by molar-refractivity contribution is -0.386. The van der Waals surface area contributed by atoms with Crippen molar-refractivity contribution in [2.24, 2.45) is 5.10 Å². The molecule has 0 saturated heterocycles. The molecule has 0 aliphatic heterocycles. The minimum Gasteiger partial charge on any atom is -0.496 e. The van der Waals surface area contributed by atoms with E-state index in [1.807, 2.05) is 32.9 Å². The van der Waals surface area contributed by atoms with Gasteiger partial charge in [0.25, 0.3) is 11.2 Å². The van der Waals surface area contributed by atoms with Crippen molar-refractivity contribution in [3.63, 3.8) is 0 Å². The number of methoxy groups -OCH3 is 1. The fourth-order valence-electron chi connectivity index (χ4n) is 4.96. The Labute approximate surface area is 271 Å². The maximum absolute atomic E-state index is 13.8. The number of nitro groups is 2. The number of benzene rings is 4. The fraction of sp³-hybridized carbons (Fsp3) is 0.182. The summed E-state index contributed by atoms with van der Waals surface area (Å²) in [5, 5.41) is 28.0. The number of aryl methyl sites for hydroxylation is 1. The van der Waals surface area contributed by atoms with Crippen LogP contribution in [0.3, 0.4) is 0 Å². The van der Waals surface area contributed by atoms with Crippen LogP contribution in [0.1, 0.15) is 42.0 Å². The van der Waals surface area contributed by atoms with E-state index in [9.17, 15) is 25.0 Å². The number of halogens is 1. The third-order valence-corrected chi connectivity index (χ3v) is 7.85. The monoisotopic (exact) mass is 685 g/mol. The number of hydrogen-bond acceptors (Lipinski definition) is 9. The number of aromatic nitrogens is 2. The topological polar surface area (TPSA) is 152 Å². The molecule has 0 radical (unpaired) electrons. The van der Waals surface area contributed by atoms with Crippen LogP contribution in [-0.4, -0.2) is 32.8 Å². The van der Waals surface area contributed by atoms with Gasteiger partial charge in [-0.1, -0.05) is 38.1 Å². The molecule has 12 nitrogen and oxygen atoms in total. The van der Waals surface area contributed by atoms with E-state index in [1.165, 1.54) is 35.2 Å². The molecule has 46 heavy (non-hydrogen) atoms. The van der Waals surface area contributed by atoms with Gasteiger partial charge in [-0.3, -0.25) is 25.0 Å². The van der Waals surface area contributed by atoms with Gasteiger partial charge in [-0.05, 0) is 75.8 Å². The molecule has 0 saturated carbocycles. The minimum atomic E-state index is -0.603. The maximum Gasteiger partial charge on any atom is 0.312 e. The largest absolute Gasteiger partial charge is 0.496 e. The quantitative estimate of drug-likeness (QED) is 0.0830. The molecule has 0 atom stereocenters. The highest BCUT2D eigenvalue weighted by Gasteiger charge is 2.22. The molecular formula is C33H28BrN5O7. The third-order valence-electron chi connectivity index (χ3n) is 7.26. The summed E-state index contributed by atoms with van der Waals surface area (Å²) < 4.78 is 12.8. The number of ether oxygens (including phenoxy) is 2. The first-order valence-corrected chi connectivity index (χ1v) is 14.9. The molecule has 0 spiro atoms. The Kier molecular flexibility index (Phi) is 9.23. The average molecular weight is 687 g/mol. The number of para-hydroxylation sites is 1. The van der Waals surface area contributed by atoms with Crippen LogP contribution < -0.4 is 15.0 Å². The van der Waals surface area contributed by atoms with E-state index in [1.54, 1.807) is 43.5 Å². The van der Waals surface area contributed by atoms with Gasteiger partial charge < -0.3 is 9.47 Å². The maximum atomic E-state index is 13.8. The molecule has 0 N–H and O–H groups in total. The van der Waals surface area contributed by atoms with E-state index in [2.05, 4.69) is 21.0 Å². The van der Waals surface area contributed by atoms with Crippen LogP contribution in [0.2, 0.25) is 0 Å². The molecule has 0 fully saturated rings. The molecule has 13 heteroatoms. The van der Waals surface area contributed by atoms with Crippen LogP contribution in [0.25, 0.3) is 22.3 Å². The van der Waals surface area contributed by atoms with Gasteiger partial charge in [-0.2, -0.15) is 9.78 Å². The minimum absolute atomic E-state index is 0.0612. The second-order valence-electron chi connectivity index (χ2n) is 10.7. The normalized spacial score (nSPS) is 11.3. The summed E-state index contributed by atoms with van der Waals surface area (Å²) in [7, 11) is 1.61. The van der Waals surface area contributed by atoms with Gasteiger partial charge in [0.1, 0.15) is 12.4 Å². The third kappa shape index (κ3) is 6.49. The van der Waals surface area contributed by atoms with Crippen molar-refractivity contribution in [3.05, 3.63) is 130 Å². The number of nitrogens with zero attached hydrogens (tertiary/aromatic N) is 5. The number of fused-ring (bicyclic) bond motifs is 1. The van der Waals surface area contributed by atoms with E-state index in [-0.39, 0.29) is 34.1 Å². The second-order valence-corrected chi connectivity index (χ2v) is 11.6. The SMILES string of the molecule is COc1cc(C)c(-c2nc3ccccc3c(=O)n2N=Cc2cc(Br)c(OCc3cccc([N+](=O)[O-])c3)c([N+](=O)[O-])c2)cc1C(C)C. The highest BCUT2D eigenvalue weighted by molar-refractivity contribution is 9.10. The molecule has 1 heterocycles. The van der Waals surface area contributed by atoms with Crippen LogP contribution >= 0.6 is 15.9 Å². The van der Waals surface area contributed by atoms with E-state index in [4.69, 9.17) is 14.5 Å². The summed E-state index contributed by atoms with van der Waals surface area (Å²) >= 11 is 3.35. The van der Waals surface area contributed by atoms with Crippen molar-refractivity contribution in [3.8, 4) is 22.9 Å². The van der Waals surface area contributed by atoms with Crippen molar-refractivity contribution >= 4 is 44.4 Å². The zero-order valence-corrected chi connectivity index (χ0v) is 26.8. The smallest absolute Gasteiger partial charge is 0.312 e. The van der Waals surface area contributed by atoms with Gasteiger partial charge in [-0.25, -0.2) is 4.98 Å². The van der Waals surface area contributed by atoms with Crippen molar-refractivity contribution in [2.45, 2.75) is 33.3 Å². The van der Waals surface area contributed by atoms with E-state index >= 15 is 0 Å². The number of nitro benzene ring substituents is 2. The summed E-state index contributed by atoms with van der Waals surface area (Å²) in [4.78, 5) is 40.7. The molecule has 0 aliphatic carbocycles. The predicted octanol–water partition coefficient (Wildman–Crippen LogP) is 7.54. The molecule has 0 bridgehead atoms. The van der Waals surface area contributed by atoms with Gasteiger partial charge in [0.2, 0.25) is 5.75 Å². The van der Waals surface area contributed by atoms with Crippen molar-refractivity contribution in [1.82, 2.24) is 9.66 Å². The molecular weight excluding hydrogens is 658 g/mol. The predicted molar refractivity (Wildman–Crippen MR) is 178 cm³/mol. The molecule has 5 aromatic rings. The first-order chi connectivity index (χ1) is 22.0. The first-order valence-electron chi connectivity index (χ1n) is 14.1. The summed E-state index contributed by atoms with van der Waals surface area (Å²) in [5.74, 6) is 1.08. The zero-order chi connectivity index (χ0) is 33.1. The number of non-ortho nitro benzene ring substituents is 1. The van der Waals surface area contributed by atoms with Crippen molar-refractivity contribution < 1.29 is 19.3 Å². The molecule has 234 valence electrons. The van der Waals surface area contributed by atoms with Crippen LogP contribution in [0.5, 0.6) is 11.5 Å². The molecule has 0 unspecified atom stereocenters. The van der Waals surface area contributed by atoms with E-state index in [0.29, 0.717) is 33.4 Å². The summed E-state index contributed by atoms with van der Waals surface area (Å²) in [5.41, 5.74) is 2.80. The average Bonchev–Trinajstić information content (AvgIpc) is 3.03. The van der Waals surface area contributed by atoms with E-state index < -0.39 is 15.4 Å². The van der Waals surface area contributed by atoms with Gasteiger partial charge >= 0.3 is 5.69 Å². The zero-order valence-electron chi connectivity index (χ0n) is 25.3. The van der Waals surface area contributed by atoms with Gasteiger partial charge in [0, 0.05) is 29.3 Å². The number of hydrogen-bond donors (Lipinski definition) is 0. The Morgan fingerprint density at radius 2 is 1.78 bits per heavy atom. The van der Waals surface area contributed by atoms with Crippen LogP contribution in [0, 0.1) is 27.2 Å². The van der Waals surface area contributed by atoms with Gasteiger partial charge in [-0.15, -0.1) is 0 Å². The van der Waals surface area contributed by atoms with Crippen molar-refractivity contribution in [1.29, 1.82) is 0 Å². The highest BCUT2D eigenvalue weighted by Crippen LogP contribution is 2.37. The second kappa shape index (κ2) is 13.3. The lowest BCUT2D eigenvalue weighted by Gasteiger charge is -2.17. The van der Waals surface area contributed by atoms with Crippen LogP contribution in [0.15, 0.2) is 87.2 Å². The standard InChI is InChI=1S/C33H28BrN5O7/c1-19(2)25-16-26(20(3)12-30(25)45-4)32-36-28-11-6-5-10-24(28)33(40)37(32)35-17-22-14-27(34)31(29(15-22)39(43)44)46-18-21-8-7-9-23(13-21)38(41)42/h5-17,19H,18H2,1-4H3. The Bertz CT molecular complexity index is 2090. The lowest BCUT2D eigenvalue weighted by atomic mass is 9.96. The lowest BCUT2D eigenvalue weighted by Crippen LogP contribution is -2.20. The van der Waals surface area contributed by atoms with Crippen LogP contribution in [-0.2, 0) is 6.61 Å². The molecule has 4 aromatic carbocycles. The first kappa shape index (κ1) is 32.0. The molecule has 0 aliphatic rings. The Hall–Kier alpha value is -5.43. The van der Waals surface area contributed by atoms with Crippen LogP contribution in [0.4, 0.5) is 11.4 Å². The fourth-order valence-corrected chi connectivity index (χ4v) is 5.55. The number of rotatable bonds is 10. The van der Waals surface area contributed by atoms with E-state index in [0.717, 1.165) is 16.9 Å². The molecule has 1 aromatic heterocycles. The Balaban J connectivity index is 1.59. The highest BCUT2D eigenvalue weighted by atomic mass is 79.9. The Morgan fingerprint density at radius 1 is 1.02 bits per heavy atom.